The first-order valence-corrected chi connectivity index (χ1v) is 4.87. The van der Waals surface area contributed by atoms with Crippen LogP contribution in [0.3, 0.4) is 0 Å². The van der Waals surface area contributed by atoms with Gasteiger partial charge in [-0.1, -0.05) is 0 Å². The van der Waals surface area contributed by atoms with Gasteiger partial charge in [-0.25, -0.2) is 0 Å². The van der Waals surface area contributed by atoms with Gasteiger partial charge in [0.25, 0.3) is 5.69 Å². The number of nitrogens with zero attached hydrogens (tertiary/aromatic N) is 3. The maximum absolute atomic E-state index is 10.7. The zero-order valence-corrected chi connectivity index (χ0v) is 8.54. The zero-order chi connectivity index (χ0) is 11.8. The third-order valence-electron chi connectivity index (χ3n) is 2.57. The van der Waals surface area contributed by atoms with Crippen molar-refractivity contribution in [3.05, 3.63) is 40.7 Å². The molecular weight excluding hydrogens is 222 g/mol. The Morgan fingerprint density at radius 3 is 2.94 bits per heavy atom. The Kier molecular flexibility index (Phi) is 1.91. The molecule has 0 atom stereocenters. The first-order valence-electron chi connectivity index (χ1n) is 4.87. The minimum atomic E-state index is -0.418. The lowest BCUT2D eigenvalue weighted by Crippen LogP contribution is -1.86. The lowest BCUT2D eigenvalue weighted by atomic mass is 10.1. The Balaban J connectivity index is 2.26. The Bertz CT molecular complexity index is 686. The van der Waals surface area contributed by atoms with E-state index in [0.717, 1.165) is 16.5 Å². The van der Waals surface area contributed by atoms with Gasteiger partial charge in [0.1, 0.15) is 5.69 Å². The average Bonchev–Trinajstić information content (AvgIpc) is 2.96. The number of nitro benzene ring substituents is 1. The molecule has 0 aliphatic heterocycles. The van der Waals surface area contributed by atoms with Crippen LogP contribution in [0, 0.1) is 10.1 Å². The van der Waals surface area contributed by atoms with Gasteiger partial charge in [0.15, 0.2) is 0 Å². The van der Waals surface area contributed by atoms with Gasteiger partial charge < -0.3 is 4.98 Å². The topological polar surface area (TPSA) is 100 Å². The zero-order valence-electron chi connectivity index (χ0n) is 8.54. The predicted molar refractivity (Wildman–Crippen MR) is 60.3 cm³/mol. The number of nitrogens with one attached hydrogen (secondary N) is 2. The molecular formula is C10H7N5O2. The number of non-ortho nitro benzene ring substituents is 1. The molecule has 0 radical (unpaired) electrons. The van der Waals surface area contributed by atoms with Crippen LogP contribution in [0.5, 0.6) is 0 Å². The Morgan fingerprint density at radius 1 is 1.35 bits per heavy atom. The summed E-state index contributed by atoms with van der Waals surface area (Å²) in [4.78, 5) is 13.3. The van der Waals surface area contributed by atoms with Crippen molar-refractivity contribution in [1.82, 2.24) is 20.4 Å². The Hall–Kier alpha value is -2.70. The lowest BCUT2D eigenvalue weighted by Gasteiger charge is -1.94. The number of H-pyrrole nitrogens is 2. The van der Waals surface area contributed by atoms with Crippen molar-refractivity contribution < 1.29 is 4.92 Å². The Labute approximate surface area is 94.6 Å². The summed E-state index contributed by atoms with van der Waals surface area (Å²) in [7, 11) is 0. The quantitative estimate of drug-likeness (QED) is 0.517. The molecule has 7 nitrogen and oxygen atoms in total. The second-order valence-electron chi connectivity index (χ2n) is 3.54. The summed E-state index contributed by atoms with van der Waals surface area (Å²) < 4.78 is 0. The normalized spacial score (nSPS) is 10.8. The number of aromatic nitrogens is 4. The number of hydrogen-bond acceptors (Lipinski definition) is 4. The van der Waals surface area contributed by atoms with Crippen LogP contribution in [0.1, 0.15) is 0 Å². The molecule has 0 fully saturated rings. The van der Waals surface area contributed by atoms with Gasteiger partial charge in [0.05, 0.1) is 11.1 Å². The molecule has 1 aromatic carbocycles. The van der Waals surface area contributed by atoms with Gasteiger partial charge in [-0.15, -0.1) is 0 Å². The van der Waals surface area contributed by atoms with E-state index >= 15 is 0 Å². The molecule has 2 heterocycles. The molecule has 3 aromatic rings. The standard InChI is InChI=1S/C10H7N5O2/c16-15(17)6-1-2-9-7(3-6)8(4-11-9)10-5-12-14-13-10/h1-5,11H,(H,12,13,14). The van der Waals surface area contributed by atoms with Gasteiger partial charge in [-0.05, 0) is 6.07 Å². The van der Waals surface area contributed by atoms with E-state index in [4.69, 9.17) is 0 Å². The van der Waals surface area contributed by atoms with Crippen LogP contribution in [0.15, 0.2) is 30.6 Å². The van der Waals surface area contributed by atoms with Gasteiger partial charge in [0.2, 0.25) is 0 Å². The summed E-state index contributed by atoms with van der Waals surface area (Å²) in [5.74, 6) is 0. The third kappa shape index (κ3) is 1.44. The van der Waals surface area contributed by atoms with Crippen LogP contribution < -0.4 is 0 Å². The van der Waals surface area contributed by atoms with Gasteiger partial charge in [-0.2, -0.15) is 15.4 Å². The molecule has 2 aromatic heterocycles. The van der Waals surface area contributed by atoms with Crippen LogP contribution in [-0.2, 0) is 0 Å². The van der Waals surface area contributed by atoms with E-state index in [9.17, 15) is 10.1 Å². The SMILES string of the molecule is O=[N+]([O-])c1ccc2[nH]cc(-c3cn[nH]n3)c2c1. The molecule has 7 heteroatoms. The molecule has 17 heavy (non-hydrogen) atoms. The number of nitro groups is 1. The van der Waals surface area contributed by atoms with E-state index in [1.165, 1.54) is 12.1 Å². The maximum Gasteiger partial charge on any atom is 0.270 e. The van der Waals surface area contributed by atoms with Gasteiger partial charge in [-0.3, -0.25) is 10.1 Å². The van der Waals surface area contributed by atoms with E-state index in [1.807, 2.05) is 0 Å². The fourth-order valence-corrected chi connectivity index (χ4v) is 1.77. The van der Waals surface area contributed by atoms with Crippen molar-refractivity contribution in [1.29, 1.82) is 0 Å². The molecule has 3 rings (SSSR count). The molecule has 0 spiro atoms. The highest BCUT2D eigenvalue weighted by Gasteiger charge is 2.12. The van der Waals surface area contributed by atoms with Crippen LogP contribution in [-0.4, -0.2) is 25.3 Å². The van der Waals surface area contributed by atoms with E-state index in [-0.39, 0.29) is 5.69 Å². The second-order valence-corrected chi connectivity index (χ2v) is 3.54. The summed E-state index contributed by atoms with van der Waals surface area (Å²) in [6, 6.07) is 4.66. The highest BCUT2D eigenvalue weighted by molar-refractivity contribution is 5.95. The number of benzene rings is 1. The average molecular weight is 229 g/mol. The monoisotopic (exact) mass is 229 g/mol. The van der Waals surface area contributed by atoms with E-state index in [1.54, 1.807) is 18.5 Å². The molecule has 0 bridgehead atoms. The Morgan fingerprint density at radius 2 is 2.24 bits per heavy atom. The van der Waals surface area contributed by atoms with Crippen LogP contribution >= 0.6 is 0 Å². The maximum atomic E-state index is 10.7. The molecule has 0 unspecified atom stereocenters. The molecule has 2 N–H and O–H groups in total. The van der Waals surface area contributed by atoms with Crippen molar-refractivity contribution in [2.45, 2.75) is 0 Å². The van der Waals surface area contributed by atoms with Crippen molar-refractivity contribution in [3.8, 4) is 11.3 Å². The summed E-state index contributed by atoms with van der Waals surface area (Å²) in [6.45, 7) is 0. The summed E-state index contributed by atoms with van der Waals surface area (Å²) >= 11 is 0. The first-order chi connectivity index (χ1) is 8.25. The summed E-state index contributed by atoms with van der Waals surface area (Å²) in [6.07, 6.45) is 3.33. The molecule has 84 valence electrons. The molecule has 0 aliphatic rings. The van der Waals surface area contributed by atoms with E-state index in [2.05, 4.69) is 20.4 Å². The lowest BCUT2D eigenvalue weighted by molar-refractivity contribution is -0.384. The molecule has 0 aliphatic carbocycles. The second kappa shape index (κ2) is 3.41. The fraction of sp³-hybridized carbons (Fsp3) is 0. The minimum absolute atomic E-state index is 0.0573. The van der Waals surface area contributed by atoms with Crippen LogP contribution in [0.4, 0.5) is 5.69 Å². The number of aromatic amines is 2. The van der Waals surface area contributed by atoms with Crippen molar-refractivity contribution in [3.63, 3.8) is 0 Å². The minimum Gasteiger partial charge on any atom is -0.360 e. The largest absolute Gasteiger partial charge is 0.360 e. The highest BCUT2D eigenvalue weighted by atomic mass is 16.6. The van der Waals surface area contributed by atoms with Gasteiger partial charge in [0, 0.05) is 34.8 Å². The molecule has 0 saturated heterocycles. The molecule has 0 amide bonds. The smallest absolute Gasteiger partial charge is 0.270 e. The van der Waals surface area contributed by atoms with E-state index < -0.39 is 4.92 Å². The highest BCUT2D eigenvalue weighted by Crippen LogP contribution is 2.29. The van der Waals surface area contributed by atoms with Crippen LogP contribution in [0.25, 0.3) is 22.2 Å². The molecule has 0 saturated carbocycles. The summed E-state index contributed by atoms with van der Waals surface area (Å²) in [5.41, 5.74) is 2.32. The first kappa shape index (κ1) is 9.52. The predicted octanol–water partition coefficient (Wildman–Crippen LogP) is 1.86. The number of fused-ring (bicyclic) bond motifs is 1. The van der Waals surface area contributed by atoms with Crippen LogP contribution in [0.2, 0.25) is 0 Å². The van der Waals surface area contributed by atoms with Crippen molar-refractivity contribution in [2.75, 3.05) is 0 Å². The third-order valence-corrected chi connectivity index (χ3v) is 2.57. The van der Waals surface area contributed by atoms with Crippen molar-refractivity contribution in [2.24, 2.45) is 0 Å². The summed E-state index contributed by atoms with van der Waals surface area (Å²) in [5, 5.41) is 21.7. The van der Waals surface area contributed by atoms with Gasteiger partial charge >= 0.3 is 0 Å². The van der Waals surface area contributed by atoms with Crippen molar-refractivity contribution >= 4 is 16.6 Å². The number of rotatable bonds is 2. The fourth-order valence-electron chi connectivity index (χ4n) is 1.77. The van der Waals surface area contributed by atoms with E-state index in [0.29, 0.717) is 5.69 Å². The number of hydrogen-bond donors (Lipinski definition) is 2.